The van der Waals surface area contributed by atoms with Gasteiger partial charge in [0.1, 0.15) is 11.0 Å². The Labute approximate surface area is 91.7 Å². The molecule has 0 aliphatic heterocycles. The third-order valence-corrected chi connectivity index (χ3v) is 2.07. The molecule has 0 atom stereocenters. The van der Waals surface area contributed by atoms with E-state index in [1.807, 2.05) is 0 Å². The van der Waals surface area contributed by atoms with Crippen LogP contribution in [0.1, 0.15) is 0 Å². The molecule has 1 aromatic heterocycles. The van der Waals surface area contributed by atoms with E-state index in [0.717, 1.165) is 11.4 Å². The number of hydrogen-bond donors (Lipinski definition) is 1. The maximum Gasteiger partial charge on any atom is 0.131 e. The molecule has 1 heterocycles. The fourth-order valence-electron chi connectivity index (χ4n) is 1.18. The van der Waals surface area contributed by atoms with Crippen LogP contribution in [-0.2, 0) is 0 Å². The van der Waals surface area contributed by atoms with Crippen molar-refractivity contribution in [1.29, 1.82) is 0 Å². The van der Waals surface area contributed by atoms with Crippen molar-refractivity contribution < 1.29 is 4.39 Å². The Hall–Kier alpha value is -1.61. The molecule has 0 amide bonds. The molecule has 15 heavy (non-hydrogen) atoms. The number of nitrogens with one attached hydrogen (secondary N) is 1. The zero-order valence-electron chi connectivity index (χ0n) is 7.74. The van der Waals surface area contributed by atoms with Gasteiger partial charge in [0.15, 0.2) is 0 Å². The van der Waals surface area contributed by atoms with Crippen molar-refractivity contribution in [2.24, 2.45) is 0 Å². The number of hydrogen-bond acceptors (Lipinski definition) is 2. The first-order valence-corrected chi connectivity index (χ1v) is 4.76. The van der Waals surface area contributed by atoms with Crippen molar-refractivity contribution >= 4 is 23.0 Å². The van der Waals surface area contributed by atoms with Gasteiger partial charge in [-0.05, 0) is 36.4 Å². The van der Waals surface area contributed by atoms with Gasteiger partial charge in [0, 0.05) is 17.6 Å². The highest BCUT2D eigenvalue weighted by molar-refractivity contribution is 6.29. The lowest BCUT2D eigenvalue weighted by molar-refractivity contribution is 0.628. The summed E-state index contributed by atoms with van der Waals surface area (Å²) in [7, 11) is 0. The Bertz CT molecular complexity index is 456. The molecule has 0 radical (unpaired) electrons. The van der Waals surface area contributed by atoms with Crippen molar-refractivity contribution in [2.75, 3.05) is 5.32 Å². The monoisotopic (exact) mass is 222 g/mol. The summed E-state index contributed by atoms with van der Waals surface area (Å²) in [6.07, 6.45) is 1.61. The van der Waals surface area contributed by atoms with Crippen molar-refractivity contribution in [1.82, 2.24) is 4.98 Å². The second kappa shape index (κ2) is 4.28. The molecule has 4 heteroatoms. The van der Waals surface area contributed by atoms with Gasteiger partial charge < -0.3 is 5.32 Å². The van der Waals surface area contributed by atoms with Crippen LogP contribution in [0.25, 0.3) is 0 Å². The lowest BCUT2D eigenvalue weighted by atomic mass is 10.3. The van der Waals surface area contributed by atoms with Crippen LogP contribution in [0.5, 0.6) is 0 Å². The minimum Gasteiger partial charge on any atom is -0.355 e. The summed E-state index contributed by atoms with van der Waals surface area (Å²) >= 11 is 5.73. The van der Waals surface area contributed by atoms with E-state index in [1.165, 1.54) is 12.1 Å². The van der Waals surface area contributed by atoms with E-state index >= 15 is 0 Å². The van der Waals surface area contributed by atoms with Gasteiger partial charge in [-0.2, -0.15) is 0 Å². The largest absolute Gasteiger partial charge is 0.355 e. The number of anilines is 2. The summed E-state index contributed by atoms with van der Waals surface area (Å²) in [5.74, 6) is -0.256. The van der Waals surface area contributed by atoms with Gasteiger partial charge in [-0.25, -0.2) is 9.37 Å². The summed E-state index contributed by atoms with van der Waals surface area (Å²) in [5, 5.41) is 3.50. The summed E-state index contributed by atoms with van der Waals surface area (Å²) in [6, 6.07) is 9.59. The van der Waals surface area contributed by atoms with Crippen LogP contribution in [0.4, 0.5) is 15.8 Å². The van der Waals surface area contributed by atoms with Gasteiger partial charge in [0.05, 0.1) is 0 Å². The first-order valence-electron chi connectivity index (χ1n) is 4.38. The Morgan fingerprint density at radius 3 is 2.47 bits per heavy atom. The number of aromatic nitrogens is 1. The number of rotatable bonds is 2. The quantitative estimate of drug-likeness (QED) is 0.785. The second-order valence-corrected chi connectivity index (χ2v) is 3.39. The fourth-order valence-corrected chi connectivity index (χ4v) is 1.35. The normalized spacial score (nSPS) is 10.0. The van der Waals surface area contributed by atoms with Gasteiger partial charge in [0.25, 0.3) is 0 Å². The molecule has 2 nitrogen and oxygen atoms in total. The van der Waals surface area contributed by atoms with E-state index in [9.17, 15) is 4.39 Å². The third-order valence-electron chi connectivity index (χ3n) is 1.86. The zero-order chi connectivity index (χ0) is 10.7. The maximum absolute atomic E-state index is 12.6. The van der Waals surface area contributed by atoms with E-state index in [0.29, 0.717) is 5.15 Å². The average molecular weight is 223 g/mol. The minimum absolute atomic E-state index is 0.256. The summed E-state index contributed by atoms with van der Waals surface area (Å²) in [5.41, 5.74) is 1.63. The van der Waals surface area contributed by atoms with Crippen LogP contribution < -0.4 is 5.32 Å². The molecule has 1 aromatic carbocycles. The SMILES string of the molecule is Fc1ccc(Nc2ccnc(Cl)c2)cc1. The highest BCUT2D eigenvalue weighted by Gasteiger charge is 1.96. The molecule has 76 valence electrons. The molecule has 0 bridgehead atoms. The Balaban J connectivity index is 2.18. The topological polar surface area (TPSA) is 24.9 Å². The van der Waals surface area contributed by atoms with E-state index < -0.39 is 0 Å². The summed E-state index contributed by atoms with van der Waals surface area (Å²) in [6.45, 7) is 0. The standard InChI is InChI=1S/C11H8ClFN2/c12-11-7-10(5-6-14-11)15-9-3-1-8(13)2-4-9/h1-7H,(H,14,15). The molecule has 1 N–H and O–H groups in total. The van der Waals surface area contributed by atoms with Crippen LogP contribution >= 0.6 is 11.6 Å². The Morgan fingerprint density at radius 1 is 1.07 bits per heavy atom. The molecule has 0 unspecified atom stereocenters. The van der Waals surface area contributed by atoms with E-state index in [-0.39, 0.29) is 5.82 Å². The van der Waals surface area contributed by atoms with Crippen molar-refractivity contribution in [2.45, 2.75) is 0 Å². The minimum atomic E-state index is -0.256. The van der Waals surface area contributed by atoms with Crippen LogP contribution in [0, 0.1) is 5.82 Å². The first-order chi connectivity index (χ1) is 7.24. The molecule has 0 saturated heterocycles. The number of halogens is 2. The predicted octanol–water partition coefficient (Wildman–Crippen LogP) is 3.62. The highest BCUT2D eigenvalue weighted by atomic mass is 35.5. The van der Waals surface area contributed by atoms with Crippen LogP contribution in [0.3, 0.4) is 0 Å². The molecular formula is C11H8ClFN2. The van der Waals surface area contributed by atoms with Crippen LogP contribution in [0.15, 0.2) is 42.6 Å². The van der Waals surface area contributed by atoms with Gasteiger partial charge in [0.2, 0.25) is 0 Å². The van der Waals surface area contributed by atoms with Crippen molar-refractivity contribution in [3.8, 4) is 0 Å². The van der Waals surface area contributed by atoms with Gasteiger partial charge in [-0.3, -0.25) is 0 Å². The molecule has 0 saturated carbocycles. The molecule has 0 fully saturated rings. The summed E-state index contributed by atoms with van der Waals surface area (Å²) in [4.78, 5) is 3.86. The molecule has 2 rings (SSSR count). The number of nitrogens with zero attached hydrogens (tertiary/aromatic N) is 1. The fraction of sp³-hybridized carbons (Fsp3) is 0. The maximum atomic E-state index is 12.6. The van der Waals surface area contributed by atoms with E-state index in [2.05, 4.69) is 10.3 Å². The average Bonchev–Trinajstić information content (AvgIpc) is 2.22. The van der Waals surface area contributed by atoms with Crippen molar-refractivity contribution in [3.05, 3.63) is 53.6 Å². The molecule has 0 aliphatic rings. The second-order valence-electron chi connectivity index (χ2n) is 3.00. The van der Waals surface area contributed by atoms with Gasteiger partial charge in [-0.1, -0.05) is 11.6 Å². The molecular weight excluding hydrogens is 215 g/mol. The molecule has 0 spiro atoms. The smallest absolute Gasteiger partial charge is 0.131 e. The molecule has 0 aliphatic carbocycles. The molecule has 2 aromatic rings. The van der Waals surface area contributed by atoms with Crippen LogP contribution in [0.2, 0.25) is 5.15 Å². The first kappa shape index (κ1) is 9.93. The Kier molecular flexibility index (Phi) is 2.83. The number of benzene rings is 1. The van der Waals surface area contributed by atoms with Crippen molar-refractivity contribution in [3.63, 3.8) is 0 Å². The van der Waals surface area contributed by atoms with Gasteiger partial charge in [-0.15, -0.1) is 0 Å². The summed E-state index contributed by atoms with van der Waals surface area (Å²) < 4.78 is 12.6. The highest BCUT2D eigenvalue weighted by Crippen LogP contribution is 2.18. The van der Waals surface area contributed by atoms with E-state index in [4.69, 9.17) is 11.6 Å². The zero-order valence-corrected chi connectivity index (χ0v) is 8.50. The third kappa shape index (κ3) is 2.67. The predicted molar refractivity (Wildman–Crippen MR) is 58.9 cm³/mol. The lowest BCUT2D eigenvalue weighted by Gasteiger charge is -2.05. The lowest BCUT2D eigenvalue weighted by Crippen LogP contribution is -1.90. The van der Waals surface area contributed by atoms with E-state index in [1.54, 1.807) is 30.5 Å². The van der Waals surface area contributed by atoms with Crippen LogP contribution in [-0.4, -0.2) is 4.98 Å². The number of pyridine rings is 1. The Morgan fingerprint density at radius 2 is 1.80 bits per heavy atom. The van der Waals surface area contributed by atoms with Gasteiger partial charge >= 0.3 is 0 Å².